The van der Waals surface area contributed by atoms with E-state index in [1.54, 1.807) is 6.20 Å². The van der Waals surface area contributed by atoms with Crippen molar-refractivity contribution in [1.29, 1.82) is 0 Å². The molecule has 2 rings (SSSR count). The van der Waals surface area contributed by atoms with Gasteiger partial charge in [-0.2, -0.15) is 5.10 Å². The molecule has 1 unspecified atom stereocenters. The lowest BCUT2D eigenvalue weighted by molar-refractivity contribution is 0.274. The molecule has 1 aliphatic carbocycles. The van der Waals surface area contributed by atoms with Crippen LogP contribution in [-0.2, 0) is 6.54 Å². The zero-order valence-electron chi connectivity index (χ0n) is 12.7. The predicted octanol–water partition coefficient (Wildman–Crippen LogP) is 3.40. The quantitative estimate of drug-likeness (QED) is 0.906. The maximum absolute atomic E-state index is 12.4. The van der Waals surface area contributed by atoms with Crippen LogP contribution in [0.15, 0.2) is 11.0 Å². The maximum atomic E-state index is 12.4. The maximum Gasteiger partial charge on any atom is 0.291 e. The second-order valence-electron chi connectivity index (χ2n) is 6.95. The molecule has 0 bridgehead atoms. The number of nitrogens with one attached hydrogen (secondary N) is 1. The third-order valence-electron chi connectivity index (χ3n) is 4.19. The standard InChI is InChI=1S/C15H24ClN3O/c1-10(15(2,3)4)7-17-13-12(16)8-18-19(14(13)20)9-11-5-6-11/h8,10-11,17H,5-7,9H2,1-4H3. The molecule has 1 aromatic heterocycles. The average Bonchev–Trinajstić information content (AvgIpc) is 3.15. The molecule has 0 aliphatic heterocycles. The van der Waals surface area contributed by atoms with Gasteiger partial charge in [-0.15, -0.1) is 0 Å². The first kappa shape index (κ1) is 15.4. The largest absolute Gasteiger partial charge is 0.379 e. The van der Waals surface area contributed by atoms with Gasteiger partial charge in [0, 0.05) is 13.1 Å². The smallest absolute Gasteiger partial charge is 0.291 e. The third kappa shape index (κ3) is 3.75. The van der Waals surface area contributed by atoms with Crippen LogP contribution in [0.3, 0.4) is 0 Å². The second kappa shape index (κ2) is 5.76. The minimum absolute atomic E-state index is 0.106. The fraction of sp³-hybridized carbons (Fsp3) is 0.733. The van der Waals surface area contributed by atoms with E-state index >= 15 is 0 Å². The molecule has 112 valence electrons. The molecule has 1 atom stereocenters. The highest BCUT2D eigenvalue weighted by atomic mass is 35.5. The lowest BCUT2D eigenvalue weighted by Gasteiger charge is -2.27. The van der Waals surface area contributed by atoms with Gasteiger partial charge in [-0.1, -0.05) is 39.3 Å². The summed E-state index contributed by atoms with van der Waals surface area (Å²) in [6, 6.07) is 0. The fourth-order valence-electron chi connectivity index (χ4n) is 1.87. The van der Waals surface area contributed by atoms with Gasteiger partial charge in [-0.25, -0.2) is 4.68 Å². The monoisotopic (exact) mass is 297 g/mol. The van der Waals surface area contributed by atoms with Crippen LogP contribution < -0.4 is 10.9 Å². The minimum Gasteiger partial charge on any atom is -0.379 e. The molecule has 0 saturated heterocycles. The Hall–Kier alpha value is -1.03. The SMILES string of the molecule is CC(CNc1c(Cl)cnn(CC2CC2)c1=O)C(C)(C)C. The van der Waals surface area contributed by atoms with Crippen LogP contribution in [0.1, 0.15) is 40.5 Å². The summed E-state index contributed by atoms with van der Waals surface area (Å²) in [6.07, 6.45) is 3.95. The average molecular weight is 298 g/mol. The van der Waals surface area contributed by atoms with Crippen LogP contribution in [-0.4, -0.2) is 16.3 Å². The molecule has 1 heterocycles. The summed E-state index contributed by atoms with van der Waals surface area (Å²) in [5.74, 6) is 1.05. The highest BCUT2D eigenvalue weighted by Gasteiger charge is 2.24. The van der Waals surface area contributed by atoms with E-state index in [4.69, 9.17) is 11.6 Å². The van der Waals surface area contributed by atoms with Gasteiger partial charge in [0.25, 0.3) is 5.56 Å². The predicted molar refractivity (Wildman–Crippen MR) is 83.3 cm³/mol. The Kier molecular flexibility index (Phi) is 4.43. The Bertz CT molecular complexity index is 529. The number of halogens is 1. The van der Waals surface area contributed by atoms with Gasteiger partial charge in [0.1, 0.15) is 5.69 Å². The van der Waals surface area contributed by atoms with Gasteiger partial charge in [0.2, 0.25) is 0 Å². The van der Waals surface area contributed by atoms with E-state index in [1.807, 2.05) is 0 Å². The van der Waals surface area contributed by atoms with Gasteiger partial charge < -0.3 is 5.32 Å². The van der Waals surface area contributed by atoms with Gasteiger partial charge in [-0.05, 0) is 30.1 Å². The summed E-state index contributed by atoms with van der Waals surface area (Å²) >= 11 is 6.11. The molecule has 0 spiro atoms. The Morgan fingerprint density at radius 2 is 2.15 bits per heavy atom. The molecule has 1 fully saturated rings. The van der Waals surface area contributed by atoms with Crippen LogP contribution in [0.25, 0.3) is 0 Å². The summed E-state index contributed by atoms with van der Waals surface area (Å²) in [4.78, 5) is 12.4. The zero-order valence-corrected chi connectivity index (χ0v) is 13.5. The van der Waals surface area contributed by atoms with Crippen molar-refractivity contribution < 1.29 is 0 Å². The molecule has 0 amide bonds. The lowest BCUT2D eigenvalue weighted by Crippen LogP contribution is -2.30. The first-order chi connectivity index (χ1) is 9.29. The topological polar surface area (TPSA) is 46.9 Å². The van der Waals surface area contributed by atoms with Crippen molar-refractivity contribution in [3.05, 3.63) is 21.6 Å². The van der Waals surface area contributed by atoms with Crippen LogP contribution in [0.4, 0.5) is 5.69 Å². The summed E-state index contributed by atoms with van der Waals surface area (Å²) in [5, 5.41) is 7.75. The third-order valence-corrected chi connectivity index (χ3v) is 4.48. The molecular weight excluding hydrogens is 274 g/mol. The number of rotatable bonds is 5. The Morgan fingerprint density at radius 3 is 2.70 bits per heavy atom. The minimum atomic E-state index is -0.106. The van der Waals surface area contributed by atoms with E-state index in [-0.39, 0.29) is 11.0 Å². The van der Waals surface area contributed by atoms with Crippen LogP contribution in [0.2, 0.25) is 5.02 Å². The number of hydrogen-bond donors (Lipinski definition) is 1. The van der Waals surface area contributed by atoms with Crippen molar-refractivity contribution in [2.24, 2.45) is 17.3 Å². The van der Waals surface area contributed by atoms with Crippen LogP contribution in [0.5, 0.6) is 0 Å². The Labute approximate surface area is 125 Å². The first-order valence-corrected chi connectivity index (χ1v) is 7.66. The number of anilines is 1. The second-order valence-corrected chi connectivity index (χ2v) is 7.35. The van der Waals surface area contributed by atoms with E-state index in [0.717, 1.165) is 6.54 Å². The van der Waals surface area contributed by atoms with Gasteiger partial charge >= 0.3 is 0 Å². The number of nitrogens with zero attached hydrogens (tertiary/aromatic N) is 2. The van der Waals surface area contributed by atoms with Crippen molar-refractivity contribution in [2.45, 2.75) is 47.1 Å². The van der Waals surface area contributed by atoms with Crippen LogP contribution >= 0.6 is 11.6 Å². The molecule has 1 N–H and O–H groups in total. The number of aromatic nitrogens is 2. The molecule has 1 saturated carbocycles. The van der Waals surface area contributed by atoms with E-state index in [9.17, 15) is 4.79 Å². The molecule has 0 aromatic carbocycles. The molecule has 4 nitrogen and oxygen atoms in total. The van der Waals surface area contributed by atoms with Gasteiger partial charge in [0.05, 0.1) is 11.2 Å². The summed E-state index contributed by atoms with van der Waals surface area (Å²) < 4.78 is 1.54. The Balaban J connectivity index is 2.12. The molecule has 5 heteroatoms. The summed E-state index contributed by atoms with van der Waals surface area (Å²) in [6.45, 7) is 10.2. The molecular formula is C15H24ClN3O. The van der Waals surface area contributed by atoms with Crippen molar-refractivity contribution >= 4 is 17.3 Å². The summed E-state index contributed by atoms with van der Waals surface area (Å²) in [7, 11) is 0. The van der Waals surface area contributed by atoms with E-state index in [2.05, 4.69) is 38.1 Å². The van der Waals surface area contributed by atoms with Gasteiger partial charge in [0.15, 0.2) is 0 Å². The summed E-state index contributed by atoms with van der Waals surface area (Å²) in [5.41, 5.74) is 0.573. The van der Waals surface area contributed by atoms with Crippen molar-refractivity contribution in [3.63, 3.8) is 0 Å². The van der Waals surface area contributed by atoms with Crippen LogP contribution in [0, 0.1) is 17.3 Å². The molecule has 1 aliphatic rings. The zero-order chi connectivity index (χ0) is 14.9. The fourth-order valence-corrected chi connectivity index (χ4v) is 2.06. The Morgan fingerprint density at radius 1 is 1.50 bits per heavy atom. The van der Waals surface area contributed by atoms with Crippen molar-refractivity contribution in [3.8, 4) is 0 Å². The van der Waals surface area contributed by atoms with E-state index in [1.165, 1.54) is 17.5 Å². The first-order valence-electron chi connectivity index (χ1n) is 7.28. The normalized spacial score (nSPS) is 17.1. The molecule has 0 radical (unpaired) electrons. The molecule has 20 heavy (non-hydrogen) atoms. The van der Waals surface area contributed by atoms with Crippen molar-refractivity contribution in [1.82, 2.24) is 9.78 Å². The highest BCUT2D eigenvalue weighted by molar-refractivity contribution is 6.32. The molecule has 1 aromatic rings. The number of hydrogen-bond acceptors (Lipinski definition) is 3. The van der Waals surface area contributed by atoms with E-state index in [0.29, 0.717) is 29.1 Å². The lowest BCUT2D eigenvalue weighted by atomic mass is 9.82. The van der Waals surface area contributed by atoms with Crippen molar-refractivity contribution in [2.75, 3.05) is 11.9 Å². The van der Waals surface area contributed by atoms with E-state index < -0.39 is 0 Å². The highest BCUT2D eigenvalue weighted by Crippen LogP contribution is 2.30. The van der Waals surface area contributed by atoms with Gasteiger partial charge in [-0.3, -0.25) is 4.79 Å².